The maximum atomic E-state index is 12.6. The fourth-order valence-corrected chi connectivity index (χ4v) is 5.25. The lowest BCUT2D eigenvalue weighted by atomic mass is 9.73. The number of aryl methyl sites for hydroxylation is 2. The smallest absolute Gasteiger partial charge is 0.254 e. The van der Waals surface area contributed by atoms with Crippen LogP contribution in [0.4, 0.5) is 5.82 Å². The van der Waals surface area contributed by atoms with Gasteiger partial charge in [-0.1, -0.05) is 0 Å². The first-order valence-electron chi connectivity index (χ1n) is 9.60. The van der Waals surface area contributed by atoms with E-state index in [1.807, 2.05) is 20.0 Å². The molecule has 7 nitrogen and oxygen atoms in total. The topological polar surface area (TPSA) is 80.5 Å². The molecule has 3 saturated heterocycles. The molecule has 2 bridgehead atoms. The van der Waals surface area contributed by atoms with Gasteiger partial charge in [0, 0.05) is 43.9 Å². The molecule has 0 unspecified atom stereocenters. The summed E-state index contributed by atoms with van der Waals surface area (Å²) in [5, 5.41) is 3.12. The van der Waals surface area contributed by atoms with Crippen molar-refractivity contribution in [3.05, 3.63) is 41.7 Å². The van der Waals surface area contributed by atoms with Crippen molar-refractivity contribution in [1.82, 2.24) is 15.3 Å². The van der Waals surface area contributed by atoms with Gasteiger partial charge in [0.05, 0.1) is 23.5 Å². The number of fused-ring (bicyclic) bond motifs is 1. The van der Waals surface area contributed by atoms with Crippen molar-refractivity contribution in [2.24, 2.45) is 11.8 Å². The number of carbonyl (C=O) groups is 1. The van der Waals surface area contributed by atoms with Gasteiger partial charge in [-0.05, 0) is 32.8 Å². The highest BCUT2D eigenvalue weighted by Gasteiger charge is 2.63. The van der Waals surface area contributed by atoms with Crippen LogP contribution >= 0.6 is 0 Å². The van der Waals surface area contributed by atoms with E-state index in [4.69, 9.17) is 9.15 Å². The van der Waals surface area contributed by atoms with Crippen molar-refractivity contribution in [3.8, 4) is 0 Å². The molecule has 5 rings (SSSR count). The largest absolute Gasteiger partial charge is 0.466 e. The first-order chi connectivity index (χ1) is 13.1. The molecule has 142 valence electrons. The lowest BCUT2D eigenvalue weighted by Crippen LogP contribution is -2.41. The van der Waals surface area contributed by atoms with Crippen LogP contribution in [0.15, 0.2) is 29.1 Å². The van der Waals surface area contributed by atoms with Crippen molar-refractivity contribution in [3.63, 3.8) is 0 Å². The second-order valence-corrected chi connectivity index (χ2v) is 8.01. The molecule has 5 heterocycles. The van der Waals surface area contributed by atoms with Gasteiger partial charge >= 0.3 is 0 Å². The molecule has 0 aliphatic carbocycles. The van der Waals surface area contributed by atoms with Gasteiger partial charge < -0.3 is 19.4 Å². The molecule has 3 aliphatic rings. The molecule has 1 N–H and O–H groups in total. The minimum absolute atomic E-state index is 0.0649. The second-order valence-electron chi connectivity index (χ2n) is 8.01. The molecule has 0 saturated carbocycles. The summed E-state index contributed by atoms with van der Waals surface area (Å²) in [7, 11) is 0. The standard InChI is InChI=1S/C20H24N4O3/c1-12-7-14(13(2)26-12)19(25)23-8-15-16-10-24(18-9-21-5-6-22-18)11-20(16)4-3-17(15)27-20/h5-7,9,15-17H,3-4,8,10-11H2,1-2H3,(H,23,25)/t15-,16+,17+,20+/m0/s1. The fraction of sp³-hybridized carbons (Fsp3) is 0.550. The molecular formula is C20H24N4O3. The number of ether oxygens (including phenoxy) is 1. The van der Waals surface area contributed by atoms with Gasteiger partial charge in [0.25, 0.3) is 5.91 Å². The Hall–Kier alpha value is -2.41. The van der Waals surface area contributed by atoms with E-state index in [2.05, 4.69) is 20.2 Å². The van der Waals surface area contributed by atoms with Crippen LogP contribution in [0.25, 0.3) is 0 Å². The number of furan rings is 1. The van der Waals surface area contributed by atoms with Crippen LogP contribution in [0.5, 0.6) is 0 Å². The zero-order chi connectivity index (χ0) is 18.6. The first kappa shape index (κ1) is 16.7. The lowest BCUT2D eigenvalue weighted by molar-refractivity contribution is 0.0141. The minimum Gasteiger partial charge on any atom is -0.466 e. The molecule has 27 heavy (non-hydrogen) atoms. The SMILES string of the molecule is Cc1cc(C(=O)NC[C@H]2[C@H]3CN(c4cnccn4)C[C@]34CC[C@H]2O4)c(C)o1. The Morgan fingerprint density at radius 2 is 2.30 bits per heavy atom. The number of rotatable bonds is 4. The molecule has 0 radical (unpaired) electrons. The van der Waals surface area contributed by atoms with E-state index in [1.54, 1.807) is 18.5 Å². The van der Waals surface area contributed by atoms with Gasteiger partial charge in [-0.3, -0.25) is 9.78 Å². The zero-order valence-corrected chi connectivity index (χ0v) is 15.6. The van der Waals surface area contributed by atoms with Gasteiger partial charge in [0.15, 0.2) is 0 Å². The molecular weight excluding hydrogens is 344 g/mol. The zero-order valence-electron chi connectivity index (χ0n) is 15.6. The summed E-state index contributed by atoms with van der Waals surface area (Å²) >= 11 is 0. The van der Waals surface area contributed by atoms with Crippen LogP contribution in [0, 0.1) is 25.7 Å². The van der Waals surface area contributed by atoms with Crippen molar-refractivity contribution in [2.75, 3.05) is 24.5 Å². The highest BCUT2D eigenvalue weighted by atomic mass is 16.5. The van der Waals surface area contributed by atoms with E-state index in [0.717, 1.165) is 37.5 Å². The second kappa shape index (κ2) is 6.05. The Morgan fingerprint density at radius 3 is 3.04 bits per heavy atom. The van der Waals surface area contributed by atoms with Crippen molar-refractivity contribution in [1.29, 1.82) is 0 Å². The summed E-state index contributed by atoms with van der Waals surface area (Å²) in [4.78, 5) is 23.5. The van der Waals surface area contributed by atoms with Crippen LogP contribution in [-0.4, -0.2) is 47.2 Å². The van der Waals surface area contributed by atoms with Crippen LogP contribution in [0.2, 0.25) is 0 Å². The summed E-state index contributed by atoms with van der Waals surface area (Å²) in [5.74, 6) is 3.00. The number of aromatic nitrogens is 2. The number of nitrogens with zero attached hydrogens (tertiary/aromatic N) is 3. The van der Waals surface area contributed by atoms with Gasteiger partial charge in [-0.2, -0.15) is 0 Å². The van der Waals surface area contributed by atoms with Crippen LogP contribution in [0.1, 0.15) is 34.7 Å². The van der Waals surface area contributed by atoms with E-state index in [-0.39, 0.29) is 17.6 Å². The molecule has 3 aliphatic heterocycles. The van der Waals surface area contributed by atoms with E-state index in [9.17, 15) is 4.79 Å². The molecule has 1 spiro atoms. The number of carbonyl (C=O) groups excluding carboxylic acids is 1. The normalized spacial score (nSPS) is 31.3. The number of amides is 1. The number of hydrogen-bond donors (Lipinski definition) is 1. The summed E-state index contributed by atoms with van der Waals surface area (Å²) in [6.45, 7) is 6.08. The molecule has 0 aromatic carbocycles. The number of hydrogen-bond acceptors (Lipinski definition) is 6. The lowest BCUT2D eigenvalue weighted by Gasteiger charge is -2.29. The minimum atomic E-state index is -0.0975. The van der Waals surface area contributed by atoms with Gasteiger partial charge in [-0.25, -0.2) is 4.98 Å². The molecule has 2 aromatic heterocycles. The van der Waals surface area contributed by atoms with Gasteiger partial charge in [0.2, 0.25) is 0 Å². The Balaban J connectivity index is 1.30. The molecule has 3 fully saturated rings. The summed E-state index contributed by atoms with van der Waals surface area (Å²) in [5.41, 5.74) is 0.526. The van der Waals surface area contributed by atoms with Crippen LogP contribution in [-0.2, 0) is 4.74 Å². The Kier molecular flexibility index (Phi) is 3.75. The summed E-state index contributed by atoms with van der Waals surface area (Å²) in [6, 6.07) is 1.80. The van der Waals surface area contributed by atoms with Crippen molar-refractivity contribution < 1.29 is 13.9 Å². The highest BCUT2D eigenvalue weighted by Crippen LogP contribution is 2.55. The predicted octanol–water partition coefficient (Wildman–Crippen LogP) is 2.10. The quantitative estimate of drug-likeness (QED) is 0.890. The van der Waals surface area contributed by atoms with E-state index >= 15 is 0 Å². The number of nitrogens with one attached hydrogen (secondary N) is 1. The third-order valence-electron chi connectivity index (χ3n) is 6.44. The van der Waals surface area contributed by atoms with E-state index in [0.29, 0.717) is 29.7 Å². The Bertz CT molecular complexity index is 867. The molecule has 1 amide bonds. The average molecular weight is 368 g/mol. The molecule has 7 heteroatoms. The Morgan fingerprint density at radius 1 is 1.41 bits per heavy atom. The summed E-state index contributed by atoms with van der Waals surface area (Å²) in [6.07, 6.45) is 7.63. The number of anilines is 1. The molecule has 4 atom stereocenters. The van der Waals surface area contributed by atoms with Crippen LogP contribution in [0.3, 0.4) is 0 Å². The van der Waals surface area contributed by atoms with Crippen LogP contribution < -0.4 is 10.2 Å². The van der Waals surface area contributed by atoms with Gasteiger partial charge in [-0.15, -0.1) is 0 Å². The van der Waals surface area contributed by atoms with Gasteiger partial charge in [0.1, 0.15) is 17.3 Å². The summed E-state index contributed by atoms with van der Waals surface area (Å²) < 4.78 is 11.9. The third kappa shape index (κ3) is 2.64. The third-order valence-corrected chi connectivity index (χ3v) is 6.44. The molecule has 2 aromatic rings. The monoisotopic (exact) mass is 368 g/mol. The first-order valence-corrected chi connectivity index (χ1v) is 9.60. The van der Waals surface area contributed by atoms with Crippen molar-refractivity contribution in [2.45, 2.75) is 38.4 Å². The van der Waals surface area contributed by atoms with E-state index < -0.39 is 0 Å². The highest BCUT2D eigenvalue weighted by molar-refractivity contribution is 5.95. The van der Waals surface area contributed by atoms with E-state index in [1.165, 1.54) is 0 Å². The fourth-order valence-electron chi connectivity index (χ4n) is 5.25. The van der Waals surface area contributed by atoms with Crippen molar-refractivity contribution >= 4 is 11.7 Å². The average Bonchev–Trinajstić information content (AvgIpc) is 3.39. The maximum absolute atomic E-state index is 12.6. The maximum Gasteiger partial charge on any atom is 0.254 e. The Labute approximate surface area is 158 Å². The predicted molar refractivity (Wildman–Crippen MR) is 98.6 cm³/mol.